The maximum Gasteiger partial charge on any atom is 0.248 e. The third kappa shape index (κ3) is 2.24. The largest absolute Gasteiger partial charge is 0.300 e. The highest BCUT2D eigenvalue weighted by Crippen LogP contribution is 2.44. The maximum atomic E-state index is 12.2. The molecule has 1 nitrogen and oxygen atoms in total. The molecule has 1 aliphatic carbocycles. The van der Waals surface area contributed by atoms with Crippen molar-refractivity contribution in [3.63, 3.8) is 0 Å². The van der Waals surface area contributed by atoms with E-state index in [-0.39, 0.29) is 24.5 Å². The summed E-state index contributed by atoms with van der Waals surface area (Å²) in [7, 11) is 0. The summed E-state index contributed by atoms with van der Waals surface area (Å²) in [4.78, 5) is 10.8. The van der Waals surface area contributed by atoms with Crippen molar-refractivity contribution in [2.75, 3.05) is 0 Å². The van der Waals surface area contributed by atoms with Crippen LogP contribution in [0.2, 0.25) is 0 Å². The average Bonchev–Trinajstić information content (AvgIpc) is 1.83. The molecule has 0 radical (unpaired) electrons. The molecule has 0 aromatic carbocycles. The number of carbonyl (C=O) groups is 1. The van der Waals surface area contributed by atoms with E-state index in [1.165, 1.54) is 0 Å². The Morgan fingerprint density at radius 2 is 2.09 bits per heavy atom. The summed E-state index contributed by atoms with van der Waals surface area (Å²) in [5, 5.41) is 0. The summed E-state index contributed by atoms with van der Waals surface area (Å²) in [5.74, 6) is -2.42. The predicted octanol–water partition coefficient (Wildman–Crippen LogP) is 2.40. The molecule has 0 spiro atoms. The average molecular weight is 162 g/mol. The molecule has 0 N–H and O–H groups in total. The van der Waals surface area contributed by atoms with Gasteiger partial charge in [0.15, 0.2) is 0 Å². The molecule has 1 saturated carbocycles. The van der Waals surface area contributed by atoms with Crippen LogP contribution in [0.5, 0.6) is 0 Å². The molecule has 11 heavy (non-hydrogen) atoms. The monoisotopic (exact) mass is 162 g/mol. The fourth-order valence-electron chi connectivity index (χ4n) is 1.40. The van der Waals surface area contributed by atoms with Gasteiger partial charge in [0.1, 0.15) is 5.78 Å². The van der Waals surface area contributed by atoms with E-state index in [1.54, 1.807) is 6.92 Å². The van der Waals surface area contributed by atoms with E-state index >= 15 is 0 Å². The first-order valence-electron chi connectivity index (χ1n) is 3.93. The predicted molar refractivity (Wildman–Crippen MR) is 37.6 cm³/mol. The molecule has 3 heteroatoms. The second kappa shape index (κ2) is 2.88. The standard InChI is InChI=1S/C8H12F2O/c1-2-7(11)3-6-4-8(9,10)5-6/h6H,2-5H2,1H3. The number of rotatable bonds is 3. The summed E-state index contributed by atoms with van der Waals surface area (Å²) in [6, 6.07) is 0. The van der Waals surface area contributed by atoms with Gasteiger partial charge in [0.2, 0.25) is 5.92 Å². The van der Waals surface area contributed by atoms with Crippen molar-refractivity contribution in [1.29, 1.82) is 0 Å². The van der Waals surface area contributed by atoms with Crippen molar-refractivity contribution in [3.8, 4) is 0 Å². The van der Waals surface area contributed by atoms with Crippen LogP contribution in [0.3, 0.4) is 0 Å². The summed E-state index contributed by atoms with van der Waals surface area (Å²) in [6.45, 7) is 1.76. The number of carbonyl (C=O) groups excluding carboxylic acids is 1. The summed E-state index contributed by atoms with van der Waals surface area (Å²) >= 11 is 0. The van der Waals surface area contributed by atoms with Crippen LogP contribution in [-0.4, -0.2) is 11.7 Å². The van der Waals surface area contributed by atoms with E-state index in [2.05, 4.69) is 0 Å². The topological polar surface area (TPSA) is 17.1 Å². The highest BCUT2D eigenvalue weighted by Gasteiger charge is 2.45. The van der Waals surface area contributed by atoms with E-state index < -0.39 is 5.92 Å². The van der Waals surface area contributed by atoms with Gasteiger partial charge < -0.3 is 0 Å². The first-order valence-corrected chi connectivity index (χ1v) is 3.93. The van der Waals surface area contributed by atoms with Crippen LogP contribution in [0.15, 0.2) is 0 Å². The first kappa shape index (κ1) is 8.62. The smallest absolute Gasteiger partial charge is 0.248 e. The molecular weight excluding hydrogens is 150 g/mol. The van der Waals surface area contributed by atoms with Crippen LogP contribution in [0.1, 0.15) is 32.6 Å². The van der Waals surface area contributed by atoms with Gasteiger partial charge in [0.25, 0.3) is 0 Å². The zero-order valence-electron chi connectivity index (χ0n) is 6.57. The lowest BCUT2D eigenvalue weighted by Crippen LogP contribution is -2.36. The number of hydrogen-bond donors (Lipinski definition) is 0. The van der Waals surface area contributed by atoms with Crippen molar-refractivity contribution in [2.45, 2.75) is 38.5 Å². The molecule has 1 fully saturated rings. The molecule has 0 aromatic rings. The van der Waals surface area contributed by atoms with Gasteiger partial charge in [-0.15, -0.1) is 0 Å². The van der Waals surface area contributed by atoms with E-state index in [9.17, 15) is 13.6 Å². The number of ketones is 1. The molecule has 1 rings (SSSR count). The highest BCUT2D eigenvalue weighted by atomic mass is 19.3. The number of Topliss-reactive ketones (excluding diaryl/α,β-unsaturated/α-hetero) is 1. The van der Waals surface area contributed by atoms with Gasteiger partial charge >= 0.3 is 0 Å². The highest BCUT2D eigenvalue weighted by molar-refractivity contribution is 5.78. The molecule has 0 bridgehead atoms. The van der Waals surface area contributed by atoms with Crippen molar-refractivity contribution >= 4 is 5.78 Å². The molecule has 0 heterocycles. The van der Waals surface area contributed by atoms with Crippen LogP contribution < -0.4 is 0 Å². The molecule has 0 unspecified atom stereocenters. The summed E-state index contributed by atoms with van der Waals surface area (Å²) in [6.07, 6.45) is 0.658. The van der Waals surface area contributed by atoms with E-state index in [1.807, 2.05) is 0 Å². The van der Waals surface area contributed by atoms with Gasteiger partial charge in [0.05, 0.1) is 0 Å². The maximum absolute atomic E-state index is 12.2. The van der Waals surface area contributed by atoms with Gasteiger partial charge in [-0.25, -0.2) is 8.78 Å². The molecular formula is C8H12F2O. The van der Waals surface area contributed by atoms with Crippen LogP contribution in [0.25, 0.3) is 0 Å². The van der Waals surface area contributed by atoms with E-state index in [4.69, 9.17) is 0 Å². The van der Waals surface area contributed by atoms with Crippen molar-refractivity contribution in [2.24, 2.45) is 5.92 Å². The molecule has 0 amide bonds. The van der Waals surface area contributed by atoms with Crippen LogP contribution >= 0.6 is 0 Å². The Kier molecular flexibility index (Phi) is 2.25. The fourth-order valence-corrected chi connectivity index (χ4v) is 1.40. The van der Waals surface area contributed by atoms with Crippen LogP contribution in [0, 0.1) is 5.92 Å². The Morgan fingerprint density at radius 1 is 1.55 bits per heavy atom. The number of halogens is 2. The first-order chi connectivity index (χ1) is 5.03. The zero-order chi connectivity index (χ0) is 8.48. The molecule has 64 valence electrons. The van der Waals surface area contributed by atoms with Crippen LogP contribution in [-0.2, 0) is 4.79 Å². The van der Waals surface area contributed by atoms with Gasteiger partial charge in [-0.3, -0.25) is 4.79 Å². The number of hydrogen-bond acceptors (Lipinski definition) is 1. The molecule has 0 aromatic heterocycles. The minimum absolute atomic E-state index is 0.0440. The number of alkyl halides is 2. The molecule has 0 atom stereocenters. The SMILES string of the molecule is CCC(=O)CC1CC(F)(F)C1. The molecule has 0 aliphatic heterocycles. The summed E-state index contributed by atoms with van der Waals surface area (Å²) in [5.41, 5.74) is 0. The summed E-state index contributed by atoms with van der Waals surface area (Å²) < 4.78 is 24.5. The zero-order valence-corrected chi connectivity index (χ0v) is 6.57. The van der Waals surface area contributed by atoms with Gasteiger partial charge in [-0.05, 0) is 5.92 Å². The van der Waals surface area contributed by atoms with E-state index in [0.29, 0.717) is 12.8 Å². The Bertz CT molecular complexity index is 157. The third-order valence-corrected chi connectivity index (χ3v) is 2.09. The Hall–Kier alpha value is -0.470. The Morgan fingerprint density at radius 3 is 2.45 bits per heavy atom. The molecule has 1 aliphatic rings. The minimum atomic E-state index is -2.47. The Balaban J connectivity index is 2.19. The van der Waals surface area contributed by atoms with Gasteiger partial charge in [0, 0.05) is 25.7 Å². The van der Waals surface area contributed by atoms with Crippen LogP contribution in [0.4, 0.5) is 8.78 Å². The van der Waals surface area contributed by atoms with E-state index in [0.717, 1.165) is 0 Å². The lowest BCUT2D eigenvalue weighted by Gasteiger charge is -2.34. The molecule has 0 saturated heterocycles. The second-order valence-electron chi connectivity index (χ2n) is 3.23. The van der Waals surface area contributed by atoms with Crippen molar-refractivity contribution in [3.05, 3.63) is 0 Å². The lowest BCUT2D eigenvalue weighted by atomic mass is 9.78. The van der Waals surface area contributed by atoms with Crippen molar-refractivity contribution < 1.29 is 13.6 Å². The Labute approximate surface area is 64.8 Å². The minimum Gasteiger partial charge on any atom is -0.300 e. The normalized spacial score (nSPS) is 22.8. The fraction of sp³-hybridized carbons (Fsp3) is 0.875. The second-order valence-corrected chi connectivity index (χ2v) is 3.23. The van der Waals surface area contributed by atoms with Gasteiger partial charge in [-0.1, -0.05) is 6.92 Å². The lowest BCUT2D eigenvalue weighted by molar-refractivity contribution is -0.131. The quantitative estimate of drug-likeness (QED) is 0.622. The van der Waals surface area contributed by atoms with Gasteiger partial charge in [-0.2, -0.15) is 0 Å². The third-order valence-electron chi connectivity index (χ3n) is 2.09. The van der Waals surface area contributed by atoms with Crippen molar-refractivity contribution in [1.82, 2.24) is 0 Å².